The normalized spacial score (nSPS) is 13.3. The number of carbonyl (C=O) groups is 10. The number of carbonyl (C=O) groups excluding carboxylic acids is 10. The van der Waals surface area contributed by atoms with Gasteiger partial charge in [-0.15, -0.1) is 0 Å². The third-order valence-corrected chi connectivity index (χ3v) is 12.5. The first-order chi connectivity index (χ1) is 47.7. The van der Waals surface area contributed by atoms with E-state index in [2.05, 4.69) is 4.74 Å². The summed E-state index contributed by atoms with van der Waals surface area (Å²) in [5.41, 5.74) is -3.45. The van der Waals surface area contributed by atoms with Gasteiger partial charge in [0.25, 0.3) is 0 Å². The number of hydrogen-bond acceptors (Lipinski definition) is 20. The molecule has 2 aliphatic rings. The number of rotatable bonds is 8. The average molecular weight is 1520 g/mol. The van der Waals surface area contributed by atoms with Crippen molar-refractivity contribution in [3.63, 3.8) is 0 Å². The summed E-state index contributed by atoms with van der Waals surface area (Å²) in [4.78, 5) is 111. The maximum absolute atomic E-state index is 11.4. The van der Waals surface area contributed by atoms with E-state index in [4.69, 9.17) is 42.6 Å². The molecule has 2 aromatic carbocycles. The minimum absolute atomic E-state index is 0.000000000000000666. The maximum atomic E-state index is 11.4. The van der Waals surface area contributed by atoms with E-state index in [0.29, 0.717) is 24.3 Å². The Labute approximate surface area is 650 Å². The lowest BCUT2D eigenvalue weighted by Gasteiger charge is -2.25. The third-order valence-electron chi connectivity index (χ3n) is 12.5. The van der Waals surface area contributed by atoms with Crippen molar-refractivity contribution in [3.05, 3.63) is 66.2 Å². The standard InChI is InChI=1S/2C11H14O2.2C10H18O2.C9H18O2.2C8H16O2.2C7H14O2.C6H12O2/c1-11(2,3)10(12)13-9-7-5-4-6-8-9;1-11(2,3)13-10(12)9-7-5-4-6-8-9;1-10(2,3)9(11)12-8-6-4-5-7-8;1-10(2,3)12-9(11)8-6-4-5-7-8;1-8(2,3)7(10)11-9(4,5)6;1-6(2)10-7(9)8(3,4)5;1-6(2)7(9)10-8(3,4)5;1-5-9-6(8)7(2,3)4;1-5-6(8)9-7(2,3)4;1-6(2,3)5(7)8-4/h2*4-8H,1-3H3;2*8H,4-7H2,1-3H3;1-6H3;2*6H,1-5H3;2*5H2,1-4H3;1-4H3. The Bertz CT molecular complexity index is 2830. The van der Waals surface area contributed by atoms with Gasteiger partial charge < -0.3 is 47.4 Å². The van der Waals surface area contributed by atoms with Crippen molar-refractivity contribution in [1.82, 2.24) is 0 Å². The Kier molecular flexibility index (Phi) is 52.7. The van der Waals surface area contributed by atoms with Crippen LogP contribution in [0.15, 0.2) is 60.7 Å². The summed E-state index contributed by atoms with van der Waals surface area (Å²) in [5.74, 6) is -0.642. The highest BCUT2D eigenvalue weighted by molar-refractivity contribution is 5.89. The van der Waals surface area contributed by atoms with Crippen molar-refractivity contribution in [2.75, 3.05) is 13.7 Å². The molecule has 0 spiro atoms. The fourth-order valence-electron chi connectivity index (χ4n) is 6.85. The summed E-state index contributed by atoms with van der Waals surface area (Å²) in [6.45, 7) is 72.8. The molecule has 0 bridgehead atoms. The first kappa shape index (κ1) is 111. The van der Waals surface area contributed by atoms with Crippen molar-refractivity contribution < 1.29 is 95.3 Å². The zero-order valence-corrected chi connectivity index (χ0v) is 74.8. The predicted molar refractivity (Wildman–Crippen MR) is 429 cm³/mol. The van der Waals surface area contributed by atoms with Gasteiger partial charge in [-0.1, -0.05) is 70.0 Å². The number of benzene rings is 2. The number of esters is 10. The van der Waals surface area contributed by atoms with E-state index in [1.165, 1.54) is 32.8 Å². The second-order valence-electron chi connectivity index (χ2n) is 37.7. The predicted octanol–water partition coefficient (Wildman–Crippen LogP) is 21.2. The fourth-order valence-corrected chi connectivity index (χ4v) is 6.85. The fraction of sp³-hybridized carbons (Fsp3) is 0.747. The maximum Gasteiger partial charge on any atom is 0.338 e. The van der Waals surface area contributed by atoms with Crippen molar-refractivity contribution in [1.29, 1.82) is 0 Å². The van der Waals surface area contributed by atoms with Crippen molar-refractivity contribution in [3.8, 4) is 5.75 Å². The highest BCUT2D eigenvalue weighted by Gasteiger charge is 2.31. The molecule has 0 amide bonds. The Balaban J connectivity index is -0.000000266. The zero-order chi connectivity index (χ0) is 86.0. The summed E-state index contributed by atoms with van der Waals surface area (Å²) in [6.07, 6.45) is 9.60. The van der Waals surface area contributed by atoms with Crippen molar-refractivity contribution in [2.45, 2.75) is 368 Å². The molecular formula is C87H154O20. The highest BCUT2D eigenvalue weighted by Crippen LogP contribution is 2.29. The molecule has 0 radical (unpaired) electrons. The second kappa shape index (κ2) is 50.8. The van der Waals surface area contributed by atoms with Gasteiger partial charge in [0.1, 0.15) is 39.9 Å². The molecule has 107 heavy (non-hydrogen) atoms. The van der Waals surface area contributed by atoms with Crippen LogP contribution < -0.4 is 4.74 Å². The van der Waals surface area contributed by atoms with Crippen molar-refractivity contribution >= 4 is 59.7 Å². The van der Waals surface area contributed by atoms with Crippen LogP contribution in [-0.2, 0) is 85.8 Å². The van der Waals surface area contributed by atoms with Crippen LogP contribution in [0.4, 0.5) is 0 Å². The van der Waals surface area contributed by atoms with Gasteiger partial charge in [0, 0.05) is 6.42 Å². The first-order valence-electron chi connectivity index (χ1n) is 37.8. The Hall–Kier alpha value is -6.86. The van der Waals surface area contributed by atoms with E-state index in [1.54, 1.807) is 31.2 Å². The van der Waals surface area contributed by atoms with Crippen LogP contribution in [0.2, 0.25) is 0 Å². The van der Waals surface area contributed by atoms with E-state index in [-0.39, 0.29) is 128 Å². The Morgan fingerprint density at radius 1 is 0.383 bits per heavy atom. The van der Waals surface area contributed by atoms with E-state index in [0.717, 1.165) is 25.7 Å². The largest absolute Gasteiger partial charge is 0.469 e. The molecule has 2 aromatic rings. The monoisotopic (exact) mass is 1520 g/mol. The first-order valence-corrected chi connectivity index (χ1v) is 37.8. The number of hydrogen-bond donors (Lipinski definition) is 0. The van der Waals surface area contributed by atoms with Gasteiger partial charge in [-0.2, -0.15) is 0 Å². The van der Waals surface area contributed by atoms with Gasteiger partial charge in [0.15, 0.2) is 0 Å². The molecule has 2 saturated carbocycles. The molecule has 0 aliphatic heterocycles. The topological polar surface area (TPSA) is 263 Å². The van der Waals surface area contributed by atoms with Gasteiger partial charge in [0.05, 0.1) is 69.7 Å². The molecule has 0 aromatic heterocycles. The molecule has 0 saturated heterocycles. The van der Waals surface area contributed by atoms with E-state index in [9.17, 15) is 47.9 Å². The minimum Gasteiger partial charge on any atom is -0.469 e. The number of methoxy groups -OCH3 is 1. The summed E-state index contributed by atoms with van der Waals surface area (Å²) < 4.78 is 50.3. The Morgan fingerprint density at radius 2 is 0.729 bits per heavy atom. The average Bonchev–Trinajstić information content (AvgIpc) is 0.974. The molecular weight excluding hydrogens is 1360 g/mol. The highest BCUT2D eigenvalue weighted by atomic mass is 16.6. The van der Waals surface area contributed by atoms with Gasteiger partial charge in [-0.05, 0) is 312 Å². The molecule has 2 fully saturated rings. The van der Waals surface area contributed by atoms with Gasteiger partial charge in [0.2, 0.25) is 0 Å². The van der Waals surface area contributed by atoms with Crippen LogP contribution in [0.3, 0.4) is 0 Å². The summed E-state index contributed by atoms with van der Waals surface area (Å²) >= 11 is 0. The summed E-state index contributed by atoms with van der Waals surface area (Å²) in [5, 5.41) is 0. The third kappa shape index (κ3) is 70.6. The molecule has 622 valence electrons. The lowest BCUT2D eigenvalue weighted by molar-refractivity contribution is -0.165. The van der Waals surface area contributed by atoms with Crippen molar-refractivity contribution in [2.24, 2.45) is 44.3 Å². The number of ether oxygens (including phenoxy) is 10. The second-order valence-corrected chi connectivity index (χ2v) is 37.7. The molecule has 20 nitrogen and oxygen atoms in total. The molecule has 0 N–H and O–H groups in total. The quantitative estimate of drug-likeness (QED) is 0.135. The molecule has 20 heteroatoms. The van der Waals surface area contributed by atoms with E-state index in [1.807, 2.05) is 300 Å². The van der Waals surface area contributed by atoms with Crippen LogP contribution in [0, 0.1) is 44.3 Å². The molecule has 0 heterocycles. The minimum atomic E-state index is -0.449. The molecule has 0 unspecified atom stereocenters. The van der Waals surface area contributed by atoms with Crippen LogP contribution in [-0.4, -0.2) is 114 Å². The van der Waals surface area contributed by atoms with E-state index >= 15 is 0 Å². The summed E-state index contributed by atoms with van der Waals surface area (Å²) in [7, 11) is 1.40. The van der Waals surface area contributed by atoms with Gasteiger partial charge in [-0.25, -0.2) is 4.79 Å². The zero-order valence-electron chi connectivity index (χ0n) is 74.8. The van der Waals surface area contributed by atoms with Crippen LogP contribution in [0.25, 0.3) is 0 Å². The molecule has 2 aliphatic carbocycles. The smallest absolute Gasteiger partial charge is 0.338 e. The summed E-state index contributed by atoms with van der Waals surface area (Å²) in [6, 6.07) is 18.1. The molecule has 0 atom stereocenters. The van der Waals surface area contributed by atoms with Crippen LogP contribution in [0.5, 0.6) is 5.75 Å². The molecule has 4 rings (SSSR count). The number of para-hydroxylation sites is 1. The van der Waals surface area contributed by atoms with Gasteiger partial charge in [-0.3, -0.25) is 43.2 Å². The van der Waals surface area contributed by atoms with E-state index < -0.39 is 16.4 Å². The SMILES string of the molecule is CC(C)(C)C(=O)OC1CCCC1.CC(C)(C)C(=O)Oc1ccccc1.CC(C)(C)OC(=O)C(C)(C)C.CC(C)(C)OC(=O)C1CCCC1.CC(C)(C)OC(=O)c1ccccc1.CC(C)C(=O)OC(C)(C)C.CC(C)OC(=O)C(C)(C)C.CCC(=O)OC(C)(C)C.CCOC(=O)C(C)(C)C.COC(=O)C(C)(C)C. The van der Waals surface area contributed by atoms with Crippen LogP contribution in [0.1, 0.15) is 338 Å². The lowest BCUT2D eigenvalue weighted by Crippen LogP contribution is -2.31. The Morgan fingerprint density at radius 3 is 0.972 bits per heavy atom. The van der Waals surface area contributed by atoms with Crippen LogP contribution >= 0.6 is 0 Å². The lowest BCUT2D eigenvalue weighted by atomic mass is 9.97. The van der Waals surface area contributed by atoms with Gasteiger partial charge >= 0.3 is 59.7 Å².